The van der Waals surface area contributed by atoms with Crippen LogP contribution in [0.2, 0.25) is 5.02 Å². The van der Waals surface area contributed by atoms with Crippen LogP contribution in [0, 0.1) is 0 Å². The highest BCUT2D eigenvalue weighted by molar-refractivity contribution is 7.98. The molecule has 0 radical (unpaired) electrons. The van der Waals surface area contributed by atoms with Gasteiger partial charge >= 0.3 is 0 Å². The maximum Gasteiger partial charge on any atom is 0.142 e. The Labute approximate surface area is 139 Å². The molecule has 0 saturated heterocycles. The van der Waals surface area contributed by atoms with E-state index in [1.54, 1.807) is 11.8 Å². The van der Waals surface area contributed by atoms with Crippen molar-refractivity contribution in [1.29, 1.82) is 0 Å². The molecule has 0 bridgehead atoms. The van der Waals surface area contributed by atoms with Gasteiger partial charge in [-0.1, -0.05) is 72.3 Å². The molecule has 0 aromatic heterocycles. The molecule has 3 aromatic carbocycles. The number of hydrogen-bond acceptors (Lipinski definition) is 2. The maximum atomic E-state index is 10.6. The zero-order chi connectivity index (χ0) is 15.5. The number of phenolic OH excluding ortho intramolecular Hbond substituents is 1. The summed E-state index contributed by atoms with van der Waals surface area (Å²) in [6.07, 6.45) is 2.02. The summed E-state index contributed by atoms with van der Waals surface area (Å²) in [7, 11) is 0. The first-order chi connectivity index (χ1) is 10.7. The van der Waals surface area contributed by atoms with E-state index in [4.69, 9.17) is 11.6 Å². The number of hydrogen-bond donors (Lipinski definition) is 1. The quantitative estimate of drug-likeness (QED) is 0.587. The van der Waals surface area contributed by atoms with E-state index in [2.05, 4.69) is 0 Å². The lowest BCUT2D eigenvalue weighted by molar-refractivity contribution is 0.477. The lowest BCUT2D eigenvalue weighted by atomic mass is 9.99. The summed E-state index contributed by atoms with van der Waals surface area (Å²) in [5.41, 5.74) is 3.60. The van der Waals surface area contributed by atoms with Gasteiger partial charge in [0.2, 0.25) is 0 Å². The van der Waals surface area contributed by atoms with Gasteiger partial charge in [-0.15, -0.1) is 11.8 Å². The average Bonchev–Trinajstić information content (AvgIpc) is 2.58. The molecule has 0 heterocycles. The third kappa shape index (κ3) is 2.72. The summed E-state index contributed by atoms with van der Waals surface area (Å²) in [6.45, 7) is 0. The van der Waals surface area contributed by atoms with Crippen molar-refractivity contribution < 1.29 is 5.11 Å². The molecule has 0 amide bonds. The summed E-state index contributed by atoms with van der Waals surface area (Å²) in [4.78, 5) is 1.05. The van der Waals surface area contributed by atoms with E-state index in [1.807, 2.05) is 73.0 Å². The predicted molar refractivity (Wildman–Crippen MR) is 95.8 cm³/mol. The molecule has 3 heteroatoms. The summed E-state index contributed by atoms with van der Waals surface area (Å²) in [5.74, 6) is 0.129. The lowest BCUT2D eigenvalue weighted by Gasteiger charge is -2.15. The summed E-state index contributed by atoms with van der Waals surface area (Å²) >= 11 is 8.13. The van der Waals surface area contributed by atoms with Gasteiger partial charge in [-0.2, -0.15) is 0 Å². The van der Waals surface area contributed by atoms with Crippen LogP contribution in [0.25, 0.3) is 22.3 Å². The molecule has 0 atom stereocenters. The second-order valence-corrected chi connectivity index (χ2v) is 6.12. The standard InChI is InChI=1S/C19H15ClOS/c1-22-16-12-15(13-8-4-2-5-9-13)19(21)18(20)17(16)14-10-6-3-7-11-14/h2-12,21H,1H3. The van der Waals surface area contributed by atoms with Crippen molar-refractivity contribution in [2.45, 2.75) is 4.90 Å². The lowest BCUT2D eigenvalue weighted by Crippen LogP contribution is -1.89. The Kier molecular flexibility index (Phi) is 4.41. The second kappa shape index (κ2) is 6.47. The van der Waals surface area contributed by atoms with Gasteiger partial charge in [0, 0.05) is 16.0 Å². The molecule has 0 unspecified atom stereocenters. The molecule has 0 spiro atoms. The zero-order valence-corrected chi connectivity index (χ0v) is 13.7. The van der Waals surface area contributed by atoms with E-state index in [-0.39, 0.29) is 5.75 Å². The highest BCUT2D eigenvalue weighted by Gasteiger charge is 2.18. The molecule has 0 aliphatic carbocycles. The molecule has 0 aliphatic rings. The molecule has 1 nitrogen and oxygen atoms in total. The summed E-state index contributed by atoms with van der Waals surface area (Å²) < 4.78 is 0. The first-order valence-corrected chi connectivity index (χ1v) is 8.53. The Morgan fingerprint density at radius 2 is 1.41 bits per heavy atom. The fourth-order valence-corrected chi connectivity index (χ4v) is 3.52. The topological polar surface area (TPSA) is 20.2 Å². The summed E-state index contributed by atoms with van der Waals surface area (Å²) in [6, 6.07) is 21.7. The monoisotopic (exact) mass is 326 g/mol. The molecule has 0 fully saturated rings. The van der Waals surface area contributed by atoms with Crippen LogP contribution >= 0.6 is 23.4 Å². The first-order valence-electron chi connectivity index (χ1n) is 6.92. The fourth-order valence-electron chi connectivity index (χ4n) is 2.49. The number of phenols is 1. The van der Waals surface area contributed by atoms with Crippen LogP contribution in [0.1, 0.15) is 0 Å². The Bertz CT molecular complexity index is 786. The number of thioether (sulfide) groups is 1. The molecule has 1 N–H and O–H groups in total. The van der Waals surface area contributed by atoms with Crippen LogP contribution in [-0.4, -0.2) is 11.4 Å². The van der Waals surface area contributed by atoms with Gasteiger partial charge < -0.3 is 5.11 Å². The molecule has 110 valence electrons. The number of halogens is 1. The van der Waals surface area contributed by atoms with Crippen molar-refractivity contribution in [1.82, 2.24) is 0 Å². The van der Waals surface area contributed by atoms with Crippen LogP contribution < -0.4 is 0 Å². The highest BCUT2D eigenvalue weighted by atomic mass is 35.5. The van der Waals surface area contributed by atoms with Crippen molar-refractivity contribution in [3.63, 3.8) is 0 Å². The van der Waals surface area contributed by atoms with E-state index in [0.29, 0.717) is 5.02 Å². The minimum Gasteiger partial charge on any atom is -0.506 e. The van der Waals surface area contributed by atoms with Gasteiger partial charge in [0.1, 0.15) is 5.75 Å². The largest absolute Gasteiger partial charge is 0.506 e. The van der Waals surface area contributed by atoms with Gasteiger partial charge in [-0.05, 0) is 23.4 Å². The van der Waals surface area contributed by atoms with Crippen molar-refractivity contribution >= 4 is 23.4 Å². The van der Waals surface area contributed by atoms with Crippen LogP contribution in [0.3, 0.4) is 0 Å². The van der Waals surface area contributed by atoms with Gasteiger partial charge in [-0.25, -0.2) is 0 Å². The average molecular weight is 327 g/mol. The Balaban J connectivity index is 2.25. The van der Waals surface area contributed by atoms with E-state index < -0.39 is 0 Å². The third-order valence-electron chi connectivity index (χ3n) is 3.57. The van der Waals surface area contributed by atoms with Crippen LogP contribution in [0.15, 0.2) is 71.6 Å². The smallest absolute Gasteiger partial charge is 0.142 e. The Morgan fingerprint density at radius 1 is 0.864 bits per heavy atom. The SMILES string of the molecule is CSc1cc(-c2ccccc2)c(O)c(Cl)c1-c1ccccc1. The third-order valence-corrected chi connectivity index (χ3v) is 4.70. The molecule has 22 heavy (non-hydrogen) atoms. The Hall–Kier alpha value is -1.90. The van der Waals surface area contributed by atoms with Gasteiger partial charge in [0.15, 0.2) is 0 Å². The molecular formula is C19H15ClOS. The van der Waals surface area contributed by atoms with Crippen molar-refractivity contribution in [3.05, 3.63) is 71.8 Å². The van der Waals surface area contributed by atoms with Gasteiger partial charge in [0.25, 0.3) is 0 Å². The zero-order valence-electron chi connectivity index (χ0n) is 12.1. The molecule has 3 aromatic rings. The van der Waals surface area contributed by atoms with E-state index in [9.17, 15) is 5.11 Å². The van der Waals surface area contributed by atoms with Crippen LogP contribution in [-0.2, 0) is 0 Å². The summed E-state index contributed by atoms with van der Waals surface area (Å²) in [5, 5.41) is 11.0. The van der Waals surface area contributed by atoms with Gasteiger partial charge in [-0.3, -0.25) is 0 Å². The number of aromatic hydroxyl groups is 1. The minimum absolute atomic E-state index is 0.129. The minimum atomic E-state index is 0.129. The fraction of sp³-hybridized carbons (Fsp3) is 0.0526. The van der Waals surface area contributed by atoms with E-state index in [1.165, 1.54) is 0 Å². The molecule has 0 saturated carbocycles. The molecule has 3 rings (SSSR count). The normalized spacial score (nSPS) is 10.6. The highest BCUT2D eigenvalue weighted by Crippen LogP contribution is 2.46. The predicted octanol–water partition coefficient (Wildman–Crippen LogP) is 6.10. The van der Waals surface area contributed by atoms with Crippen molar-refractivity contribution in [3.8, 4) is 28.0 Å². The first kappa shape index (κ1) is 15.0. The Morgan fingerprint density at radius 3 is 1.95 bits per heavy atom. The molecule has 0 aliphatic heterocycles. The van der Waals surface area contributed by atoms with Gasteiger partial charge in [0.05, 0.1) is 5.02 Å². The van der Waals surface area contributed by atoms with E-state index >= 15 is 0 Å². The van der Waals surface area contributed by atoms with Crippen molar-refractivity contribution in [2.75, 3.05) is 6.26 Å². The number of benzene rings is 3. The van der Waals surface area contributed by atoms with Crippen LogP contribution in [0.5, 0.6) is 5.75 Å². The second-order valence-electron chi connectivity index (χ2n) is 4.90. The van der Waals surface area contributed by atoms with Crippen molar-refractivity contribution in [2.24, 2.45) is 0 Å². The van der Waals surface area contributed by atoms with E-state index in [0.717, 1.165) is 27.1 Å². The number of rotatable bonds is 3. The maximum absolute atomic E-state index is 10.6. The van der Waals surface area contributed by atoms with Crippen LogP contribution in [0.4, 0.5) is 0 Å². The molecular weight excluding hydrogens is 312 g/mol.